The number of aliphatic carboxylic acids is 1. The van der Waals surface area contributed by atoms with Gasteiger partial charge in [-0.05, 0) is 32.0 Å². The fourth-order valence-electron chi connectivity index (χ4n) is 1.48. The highest BCUT2D eigenvalue weighted by Gasteiger charge is 2.27. The van der Waals surface area contributed by atoms with E-state index < -0.39 is 23.9 Å². The first-order valence-corrected chi connectivity index (χ1v) is 6.32. The number of hydrogen-bond donors (Lipinski definition) is 2. The van der Waals surface area contributed by atoms with Gasteiger partial charge in [-0.3, -0.25) is 9.59 Å². The topological polar surface area (TPSA) is 84.9 Å². The molecule has 0 saturated heterocycles. The van der Waals surface area contributed by atoms with Crippen LogP contribution in [0.3, 0.4) is 0 Å². The van der Waals surface area contributed by atoms with Gasteiger partial charge in [-0.2, -0.15) is 8.78 Å². The van der Waals surface area contributed by atoms with Crippen molar-refractivity contribution in [2.75, 3.05) is 13.7 Å². The van der Waals surface area contributed by atoms with Crippen LogP contribution in [0.1, 0.15) is 24.2 Å². The minimum atomic E-state index is -3.06. The lowest BCUT2D eigenvalue weighted by Gasteiger charge is -2.19. The quantitative estimate of drug-likeness (QED) is 0.805. The molecule has 0 spiro atoms. The van der Waals surface area contributed by atoms with Gasteiger partial charge >= 0.3 is 12.6 Å². The number of benzene rings is 1. The van der Waals surface area contributed by atoms with Crippen molar-refractivity contribution in [2.45, 2.75) is 20.5 Å². The number of carbonyl (C=O) groups is 2. The van der Waals surface area contributed by atoms with Crippen LogP contribution in [0.15, 0.2) is 18.2 Å². The summed E-state index contributed by atoms with van der Waals surface area (Å²) in [7, 11) is 1.28. The normalized spacial score (nSPS) is 11.2. The van der Waals surface area contributed by atoms with Gasteiger partial charge in [-0.25, -0.2) is 0 Å². The van der Waals surface area contributed by atoms with Crippen molar-refractivity contribution in [1.29, 1.82) is 0 Å². The van der Waals surface area contributed by atoms with E-state index in [1.165, 1.54) is 33.1 Å². The molecule has 0 bridgehead atoms. The number of carboxylic acids is 1. The van der Waals surface area contributed by atoms with Crippen LogP contribution in [-0.2, 0) is 4.79 Å². The Balaban J connectivity index is 2.88. The fourth-order valence-corrected chi connectivity index (χ4v) is 1.48. The number of rotatable bonds is 7. The van der Waals surface area contributed by atoms with Crippen LogP contribution < -0.4 is 14.8 Å². The van der Waals surface area contributed by atoms with Crippen LogP contribution in [0.25, 0.3) is 0 Å². The number of methoxy groups -OCH3 is 1. The summed E-state index contributed by atoms with van der Waals surface area (Å²) in [5.41, 5.74) is -1.10. The van der Waals surface area contributed by atoms with Crippen molar-refractivity contribution in [1.82, 2.24) is 5.32 Å². The van der Waals surface area contributed by atoms with Gasteiger partial charge < -0.3 is 19.9 Å². The monoisotopic (exact) mass is 317 g/mol. The molecule has 122 valence electrons. The number of nitrogens with one attached hydrogen (secondary N) is 1. The number of amides is 1. The van der Waals surface area contributed by atoms with Crippen LogP contribution in [0.5, 0.6) is 11.5 Å². The van der Waals surface area contributed by atoms with Gasteiger partial charge in [0.2, 0.25) is 0 Å². The fraction of sp³-hybridized carbons (Fsp3) is 0.429. The van der Waals surface area contributed by atoms with E-state index in [1.807, 2.05) is 0 Å². The molecule has 1 rings (SSSR count). The van der Waals surface area contributed by atoms with E-state index in [4.69, 9.17) is 9.84 Å². The number of hydrogen-bond acceptors (Lipinski definition) is 4. The van der Waals surface area contributed by atoms with Crippen molar-refractivity contribution in [3.63, 3.8) is 0 Å². The average molecular weight is 317 g/mol. The van der Waals surface area contributed by atoms with Gasteiger partial charge in [-0.1, -0.05) is 0 Å². The molecule has 0 aliphatic carbocycles. The molecule has 0 radical (unpaired) electrons. The van der Waals surface area contributed by atoms with Crippen molar-refractivity contribution >= 4 is 11.9 Å². The number of alkyl halides is 2. The second kappa shape index (κ2) is 7.06. The van der Waals surface area contributed by atoms with E-state index in [0.29, 0.717) is 0 Å². The Hall–Kier alpha value is -2.38. The van der Waals surface area contributed by atoms with Crippen molar-refractivity contribution in [3.05, 3.63) is 23.8 Å². The molecule has 1 amide bonds. The number of carboxylic acid groups (broad SMARTS) is 1. The molecule has 0 heterocycles. The lowest BCUT2D eigenvalue weighted by atomic mass is 9.94. The standard InChI is InChI=1S/C14H17F2NO5/c1-14(2,12(19)20)7-17-11(18)8-4-5-9(21-3)10(6-8)22-13(15)16/h4-6,13H,7H2,1-3H3,(H,17,18)(H,19,20). The molecule has 0 unspecified atom stereocenters. The molecule has 22 heavy (non-hydrogen) atoms. The molecular weight excluding hydrogens is 300 g/mol. The van der Waals surface area contributed by atoms with Crippen molar-refractivity contribution in [2.24, 2.45) is 5.41 Å². The molecule has 6 nitrogen and oxygen atoms in total. The van der Waals surface area contributed by atoms with Crippen molar-refractivity contribution in [3.8, 4) is 11.5 Å². The van der Waals surface area contributed by atoms with Crippen LogP contribution in [0.4, 0.5) is 8.78 Å². The third-order valence-electron chi connectivity index (χ3n) is 2.91. The molecule has 8 heteroatoms. The largest absolute Gasteiger partial charge is 0.493 e. The van der Waals surface area contributed by atoms with Crippen LogP contribution >= 0.6 is 0 Å². The van der Waals surface area contributed by atoms with Gasteiger partial charge in [0.1, 0.15) is 0 Å². The molecule has 0 atom stereocenters. The van der Waals surface area contributed by atoms with Crippen molar-refractivity contribution < 1.29 is 33.0 Å². The Morgan fingerprint density at radius 3 is 2.45 bits per heavy atom. The van der Waals surface area contributed by atoms with Gasteiger partial charge in [0, 0.05) is 12.1 Å². The predicted octanol–water partition coefficient (Wildman–Crippen LogP) is 2.14. The second-order valence-electron chi connectivity index (χ2n) is 5.12. The zero-order chi connectivity index (χ0) is 16.9. The zero-order valence-electron chi connectivity index (χ0n) is 12.4. The van der Waals surface area contributed by atoms with Gasteiger partial charge in [0.05, 0.1) is 12.5 Å². The molecule has 1 aromatic rings. The lowest BCUT2D eigenvalue weighted by molar-refractivity contribution is -0.146. The molecule has 0 aliphatic rings. The second-order valence-corrected chi connectivity index (χ2v) is 5.12. The minimum Gasteiger partial charge on any atom is -0.493 e. The smallest absolute Gasteiger partial charge is 0.387 e. The maximum atomic E-state index is 12.3. The first kappa shape index (κ1) is 17.7. The van der Waals surface area contributed by atoms with E-state index in [0.717, 1.165) is 6.07 Å². The van der Waals surface area contributed by atoms with Crippen LogP contribution in [0.2, 0.25) is 0 Å². The minimum absolute atomic E-state index is 0.0534. The molecular formula is C14H17F2NO5. The van der Waals surface area contributed by atoms with E-state index in [1.54, 1.807) is 0 Å². The van der Waals surface area contributed by atoms with E-state index in [9.17, 15) is 18.4 Å². The molecule has 0 aromatic heterocycles. The summed E-state index contributed by atoms with van der Waals surface area (Å²) in [6.07, 6.45) is 0. The maximum Gasteiger partial charge on any atom is 0.387 e. The summed E-state index contributed by atoms with van der Waals surface area (Å²) >= 11 is 0. The summed E-state index contributed by atoms with van der Waals surface area (Å²) in [4.78, 5) is 22.9. The summed E-state index contributed by atoms with van der Waals surface area (Å²) in [6.45, 7) is -0.263. The van der Waals surface area contributed by atoms with Gasteiger partial charge in [0.15, 0.2) is 11.5 Å². The average Bonchev–Trinajstić information content (AvgIpc) is 2.44. The summed E-state index contributed by atoms with van der Waals surface area (Å²) in [5.74, 6) is -1.88. The van der Waals surface area contributed by atoms with Gasteiger partial charge in [0.25, 0.3) is 5.91 Å². The Morgan fingerprint density at radius 1 is 1.32 bits per heavy atom. The molecule has 1 aromatic carbocycles. The Bertz CT molecular complexity index is 560. The molecule has 0 saturated carbocycles. The highest BCUT2D eigenvalue weighted by atomic mass is 19.3. The Labute approximate surface area is 126 Å². The number of carbonyl (C=O) groups excluding carboxylic acids is 1. The molecule has 0 aliphatic heterocycles. The van der Waals surface area contributed by atoms with E-state index >= 15 is 0 Å². The molecule has 2 N–H and O–H groups in total. The van der Waals surface area contributed by atoms with E-state index in [-0.39, 0.29) is 23.6 Å². The van der Waals surface area contributed by atoms with E-state index in [2.05, 4.69) is 10.1 Å². The third kappa shape index (κ3) is 4.57. The van der Waals surface area contributed by atoms with Gasteiger partial charge in [-0.15, -0.1) is 0 Å². The predicted molar refractivity (Wildman–Crippen MR) is 73.4 cm³/mol. The number of ether oxygens (including phenoxy) is 2. The highest BCUT2D eigenvalue weighted by molar-refractivity contribution is 5.95. The summed E-state index contributed by atoms with van der Waals surface area (Å²) < 4.78 is 33.8. The Kier molecular flexibility index (Phi) is 5.67. The third-order valence-corrected chi connectivity index (χ3v) is 2.91. The van der Waals surface area contributed by atoms with Crippen LogP contribution in [0, 0.1) is 5.41 Å². The SMILES string of the molecule is COc1ccc(C(=O)NCC(C)(C)C(=O)O)cc1OC(F)F. The highest BCUT2D eigenvalue weighted by Crippen LogP contribution is 2.29. The molecule has 0 fully saturated rings. The zero-order valence-corrected chi connectivity index (χ0v) is 12.4. The summed E-state index contributed by atoms with van der Waals surface area (Å²) in [6, 6.07) is 3.78. The lowest BCUT2D eigenvalue weighted by Crippen LogP contribution is -2.38. The first-order valence-electron chi connectivity index (χ1n) is 6.32. The Morgan fingerprint density at radius 2 is 1.95 bits per heavy atom. The maximum absolute atomic E-state index is 12.3. The number of halogens is 2. The summed E-state index contributed by atoms with van der Waals surface area (Å²) in [5, 5.41) is 11.4. The first-order chi connectivity index (χ1) is 10.2. The van der Waals surface area contributed by atoms with Crippen LogP contribution in [-0.4, -0.2) is 37.2 Å².